The maximum absolute atomic E-state index is 2.48. The molecule has 1 aliphatic rings. The predicted octanol–water partition coefficient (Wildman–Crippen LogP) is 5.94. The summed E-state index contributed by atoms with van der Waals surface area (Å²) in [6.07, 6.45) is 4.56. The van der Waals surface area contributed by atoms with E-state index in [1.165, 1.54) is 27.9 Å². The molecule has 2 heterocycles. The summed E-state index contributed by atoms with van der Waals surface area (Å²) in [6.45, 7) is 7.05. The largest absolute Gasteiger partial charge is 0.213 e. The van der Waals surface area contributed by atoms with Gasteiger partial charge in [0.1, 0.15) is 0 Å². The highest BCUT2D eigenvalue weighted by Crippen LogP contribution is 2.47. The van der Waals surface area contributed by atoms with E-state index in [1.54, 1.807) is 0 Å². The normalized spacial score (nSPS) is 17.6. The second kappa shape index (κ2) is 6.15. The average molecular weight is 328 g/mol. The summed E-state index contributed by atoms with van der Waals surface area (Å²) in [7, 11) is 0. The fraction of sp³-hybridized carbons (Fsp3) is 0.292. The zero-order valence-corrected chi connectivity index (χ0v) is 15.4. The smallest absolute Gasteiger partial charge is 0.195 e. The molecule has 0 N–H and O–H groups in total. The van der Waals surface area contributed by atoms with Gasteiger partial charge in [0.15, 0.2) is 12.2 Å². The van der Waals surface area contributed by atoms with Gasteiger partial charge in [-0.25, -0.2) is 0 Å². The van der Waals surface area contributed by atoms with Gasteiger partial charge >= 0.3 is 0 Å². The van der Waals surface area contributed by atoms with E-state index in [4.69, 9.17) is 0 Å². The molecule has 1 atom stereocenters. The van der Waals surface area contributed by atoms with Crippen LogP contribution in [0.2, 0.25) is 0 Å². The third kappa shape index (κ3) is 2.33. The van der Waals surface area contributed by atoms with Crippen LogP contribution in [-0.2, 0) is 5.41 Å². The van der Waals surface area contributed by atoms with E-state index in [9.17, 15) is 0 Å². The van der Waals surface area contributed by atoms with Crippen molar-refractivity contribution in [2.75, 3.05) is 0 Å². The SMILES string of the molecule is CCC1(CC)c2ccc(-c3ccccc3)cc2-c2cccc[n+]2C1C. The van der Waals surface area contributed by atoms with E-state index in [-0.39, 0.29) is 5.41 Å². The lowest BCUT2D eigenvalue weighted by molar-refractivity contribution is -0.721. The van der Waals surface area contributed by atoms with Crippen molar-refractivity contribution >= 4 is 0 Å². The van der Waals surface area contributed by atoms with Gasteiger partial charge in [0, 0.05) is 12.1 Å². The minimum Gasteiger partial charge on any atom is -0.195 e. The number of pyridine rings is 1. The molecule has 0 saturated heterocycles. The van der Waals surface area contributed by atoms with E-state index in [1.807, 2.05) is 0 Å². The van der Waals surface area contributed by atoms with Gasteiger partial charge in [-0.3, -0.25) is 0 Å². The van der Waals surface area contributed by atoms with E-state index in [0.29, 0.717) is 6.04 Å². The van der Waals surface area contributed by atoms with Crippen molar-refractivity contribution in [3.05, 3.63) is 78.5 Å². The monoisotopic (exact) mass is 328 g/mol. The van der Waals surface area contributed by atoms with Crippen LogP contribution in [0.1, 0.15) is 45.2 Å². The summed E-state index contributed by atoms with van der Waals surface area (Å²) < 4.78 is 2.48. The second-order valence-corrected chi connectivity index (χ2v) is 7.16. The Morgan fingerprint density at radius 3 is 2.28 bits per heavy atom. The minimum atomic E-state index is 0.198. The van der Waals surface area contributed by atoms with Crippen molar-refractivity contribution in [3.63, 3.8) is 0 Å². The number of fused-ring (bicyclic) bond motifs is 3. The van der Waals surface area contributed by atoms with Crippen LogP contribution in [0.5, 0.6) is 0 Å². The Hall–Kier alpha value is -2.41. The first kappa shape index (κ1) is 16.1. The fourth-order valence-electron chi connectivity index (χ4n) is 4.74. The number of aromatic nitrogens is 1. The Balaban J connectivity index is 1.99. The Morgan fingerprint density at radius 2 is 1.56 bits per heavy atom. The van der Waals surface area contributed by atoms with Gasteiger partial charge in [-0.2, -0.15) is 4.57 Å². The lowest BCUT2D eigenvalue weighted by Crippen LogP contribution is -2.54. The summed E-state index contributed by atoms with van der Waals surface area (Å²) in [5, 5.41) is 0. The van der Waals surface area contributed by atoms with Crippen LogP contribution in [0.25, 0.3) is 22.4 Å². The van der Waals surface area contributed by atoms with Gasteiger partial charge in [-0.1, -0.05) is 56.3 Å². The zero-order chi connectivity index (χ0) is 17.4. The molecule has 0 spiro atoms. The first-order valence-electron chi connectivity index (χ1n) is 9.41. The quantitative estimate of drug-likeness (QED) is 0.524. The lowest BCUT2D eigenvalue weighted by atomic mass is 9.66. The van der Waals surface area contributed by atoms with Gasteiger partial charge in [-0.05, 0) is 48.6 Å². The number of hydrogen-bond donors (Lipinski definition) is 0. The molecule has 1 nitrogen and oxygen atoms in total. The molecule has 0 radical (unpaired) electrons. The molecule has 1 heteroatoms. The van der Waals surface area contributed by atoms with Crippen molar-refractivity contribution in [3.8, 4) is 22.4 Å². The van der Waals surface area contributed by atoms with Crippen LogP contribution < -0.4 is 4.57 Å². The molecule has 126 valence electrons. The fourth-order valence-corrected chi connectivity index (χ4v) is 4.74. The van der Waals surface area contributed by atoms with Gasteiger partial charge in [0.2, 0.25) is 5.69 Å². The highest BCUT2D eigenvalue weighted by Gasteiger charge is 2.47. The van der Waals surface area contributed by atoms with Gasteiger partial charge in [0.05, 0.1) is 11.0 Å². The summed E-state index contributed by atoms with van der Waals surface area (Å²) in [5.41, 5.74) is 7.01. The number of rotatable bonds is 3. The Morgan fingerprint density at radius 1 is 0.840 bits per heavy atom. The summed E-state index contributed by atoms with van der Waals surface area (Å²) in [5.74, 6) is 0. The molecule has 0 amide bonds. The summed E-state index contributed by atoms with van der Waals surface area (Å²) >= 11 is 0. The lowest BCUT2D eigenvalue weighted by Gasteiger charge is -2.39. The average Bonchev–Trinajstić information content (AvgIpc) is 2.69. The van der Waals surface area contributed by atoms with Crippen molar-refractivity contribution < 1.29 is 4.57 Å². The Labute approximate surface area is 151 Å². The first-order valence-corrected chi connectivity index (χ1v) is 9.41. The zero-order valence-electron chi connectivity index (χ0n) is 15.4. The van der Waals surface area contributed by atoms with E-state index >= 15 is 0 Å². The molecule has 1 aromatic heterocycles. The van der Waals surface area contributed by atoms with Gasteiger partial charge in [0.25, 0.3) is 0 Å². The maximum atomic E-state index is 2.48. The third-order valence-electron chi connectivity index (χ3n) is 6.31. The van der Waals surface area contributed by atoms with Crippen LogP contribution >= 0.6 is 0 Å². The molecule has 1 unspecified atom stereocenters. The molecular formula is C24H26N+. The third-order valence-corrected chi connectivity index (χ3v) is 6.31. The molecule has 1 aliphatic heterocycles. The van der Waals surface area contributed by atoms with Crippen molar-refractivity contribution in [1.29, 1.82) is 0 Å². The molecular weight excluding hydrogens is 302 g/mol. The minimum absolute atomic E-state index is 0.198. The number of nitrogens with zero attached hydrogens (tertiary/aromatic N) is 1. The topological polar surface area (TPSA) is 3.88 Å². The highest BCUT2D eigenvalue weighted by atomic mass is 15.0. The molecule has 3 aromatic rings. The van der Waals surface area contributed by atoms with Crippen molar-refractivity contribution in [1.82, 2.24) is 0 Å². The van der Waals surface area contributed by atoms with Crippen LogP contribution in [0.15, 0.2) is 72.9 Å². The molecule has 4 rings (SSSR count). The Kier molecular flexibility index (Phi) is 3.95. The molecule has 2 aromatic carbocycles. The van der Waals surface area contributed by atoms with Crippen LogP contribution in [0, 0.1) is 0 Å². The van der Waals surface area contributed by atoms with E-state index < -0.39 is 0 Å². The molecule has 25 heavy (non-hydrogen) atoms. The van der Waals surface area contributed by atoms with Gasteiger partial charge in [-0.15, -0.1) is 0 Å². The standard InChI is InChI=1S/C24H26N/c1-4-24(5-2)18(3)25-16-10-9-13-23(25)21-17-20(14-15-22(21)24)19-11-7-6-8-12-19/h6-18H,4-5H2,1-3H3/q+1. The number of benzene rings is 2. The number of hydrogen-bond acceptors (Lipinski definition) is 0. The Bertz CT molecular complexity index is 891. The van der Waals surface area contributed by atoms with Crippen LogP contribution in [0.4, 0.5) is 0 Å². The second-order valence-electron chi connectivity index (χ2n) is 7.16. The van der Waals surface area contributed by atoms with E-state index in [2.05, 4.69) is 98.3 Å². The highest BCUT2D eigenvalue weighted by molar-refractivity contribution is 5.74. The maximum Gasteiger partial charge on any atom is 0.213 e. The summed E-state index contributed by atoms with van der Waals surface area (Å²) in [4.78, 5) is 0. The van der Waals surface area contributed by atoms with Crippen molar-refractivity contribution in [2.24, 2.45) is 0 Å². The van der Waals surface area contributed by atoms with Crippen molar-refractivity contribution in [2.45, 2.75) is 45.1 Å². The predicted molar refractivity (Wildman–Crippen MR) is 104 cm³/mol. The first-order chi connectivity index (χ1) is 12.2. The van der Waals surface area contributed by atoms with Gasteiger partial charge < -0.3 is 0 Å². The molecule has 0 bridgehead atoms. The van der Waals surface area contributed by atoms with Crippen LogP contribution in [-0.4, -0.2) is 0 Å². The van der Waals surface area contributed by atoms with E-state index in [0.717, 1.165) is 12.8 Å². The molecule has 0 aliphatic carbocycles. The molecule has 0 saturated carbocycles. The summed E-state index contributed by atoms with van der Waals surface area (Å²) in [6, 6.07) is 24.8. The van der Waals surface area contributed by atoms with Crippen LogP contribution in [0.3, 0.4) is 0 Å². The molecule has 0 fully saturated rings.